The Hall–Kier alpha value is -0.930. The summed E-state index contributed by atoms with van der Waals surface area (Å²) in [6, 6.07) is 6.81. The molecule has 0 radical (unpaired) electrons. The quantitative estimate of drug-likeness (QED) is 0.240. The van der Waals surface area contributed by atoms with E-state index >= 15 is 0 Å². The number of nitrogens with one attached hydrogen (secondary N) is 1. The lowest BCUT2D eigenvalue weighted by molar-refractivity contribution is 0.0536. The first-order valence-electron chi connectivity index (χ1n) is 9.82. The molecule has 1 fully saturated rings. The van der Waals surface area contributed by atoms with Crippen LogP contribution in [0.4, 0.5) is 4.39 Å². The van der Waals surface area contributed by atoms with Crippen LogP contribution in [-0.2, 0) is 14.9 Å². The molecule has 1 N–H and O–H groups in total. The summed E-state index contributed by atoms with van der Waals surface area (Å²) in [5, 5.41) is 3.40. The molecule has 5 nitrogen and oxygen atoms in total. The number of hydrogen-bond donors (Lipinski definition) is 1. The molecule has 7 heteroatoms. The summed E-state index contributed by atoms with van der Waals surface area (Å²) in [7, 11) is 1.69. The van der Waals surface area contributed by atoms with Gasteiger partial charge in [0.1, 0.15) is 5.82 Å². The summed E-state index contributed by atoms with van der Waals surface area (Å²) >= 11 is 0. The Morgan fingerprint density at radius 2 is 2.14 bits per heavy atom. The van der Waals surface area contributed by atoms with Crippen LogP contribution in [0.25, 0.3) is 0 Å². The van der Waals surface area contributed by atoms with Gasteiger partial charge in [0, 0.05) is 38.1 Å². The lowest BCUT2D eigenvalue weighted by atomic mass is 9.85. The van der Waals surface area contributed by atoms with Gasteiger partial charge < -0.3 is 19.7 Å². The molecule has 0 amide bonds. The first-order chi connectivity index (χ1) is 13.0. The van der Waals surface area contributed by atoms with Crippen molar-refractivity contribution in [3.63, 3.8) is 0 Å². The number of nitrogens with zero attached hydrogens (tertiary/aromatic N) is 2. The molecule has 1 aromatic carbocycles. The topological polar surface area (TPSA) is 46.1 Å². The first kappa shape index (κ1) is 25.1. The molecular weight excluding hydrogens is 472 g/mol. The Morgan fingerprint density at radius 1 is 1.36 bits per heavy atom. The van der Waals surface area contributed by atoms with Gasteiger partial charge in [-0.2, -0.15) is 0 Å². The van der Waals surface area contributed by atoms with Gasteiger partial charge in [0.2, 0.25) is 0 Å². The van der Waals surface area contributed by atoms with Crippen LogP contribution < -0.4 is 5.32 Å². The largest absolute Gasteiger partial charge is 0.382 e. The van der Waals surface area contributed by atoms with Gasteiger partial charge in [-0.1, -0.05) is 26.0 Å². The van der Waals surface area contributed by atoms with E-state index in [0.717, 1.165) is 44.2 Å². The second-order valence-corrected chi connectivity index (χ2v) is 7.73. The summed E-state index contributed by atoms with van der Waals surface area (Å²) in [4.78, 5) is 7.17. The summed E-state index contributed by atoms with van der Waals surface area (Å²) < 4.78 is 24.3. The number of rotatable bonds is 9. The molecule has 1 atom stereocenters. The summed E-state index contributed by atoms with van der Waals surface area (Å²) in [6.07, 6.45) is 1.10. The van der Waals surface area contributed by atoms with E-state index in [2.05, 4.69) is 31.0 Å². The molecule has 0 aromatic heterocycles. The van der Waals surface area contributed by atoms with Crippen LogP contribution in [0, 0.1) is 11.7 Å². The highest BCUT2D eigenvalue weighted by Gasteiger charge is 2.26. The molecule has 1 unspecified atom stereocenters. The van der Waals surface area contributed by atoms with Crippen molar-refractivity contribution < 1.29 is 13.9 Å². The predicted molar refractivity (Wildman–Crippen MR) is 123 cm³/mol. The molecule has 0 saturated carbocycles. The third-order valence-corrected chi connectivity index (χ3v) is 4.94. The van der Waals surface area contributed by atoms with E-state index in [0.29, 0.717) is 25.7 Å². The SMILES string of the molecule is CCNC(=NCC(C)(C)c1cccc(F)c1)N1CCC(COCCOC)C1.I. The van der Waals surface area contributed by atoms with Gasteiger partial charge in [-0.05, 0) is 31.0 Å². The smallest absolute Gasteiger partial charge is 0.193 e. The fourth-order valence-electron chi connectivity index (χ4n) is 3.25. The lowest BCUT2D eigenvalue weighted by Crippen LogP contribution is -2.41. The van der Waals surface area contributed by atoms with Gasteiger partial charge >= 0.3 is 0 Å². The van der Waals surface area contributed by atoms with E-state index in [1.54, 1.807) is 19.2 Å². The Labute approximate surface area is 186 Å². The Balaban J connectivity index is 0.00000392. The Morgan fingerprint density at radius 3 is 2.82 bits per heavy atom. The number of methoxy groups -OCH3 is 1. The molecule has 1 heterocycles. The third kappa shape index (κ3) is 7.83. The zero-order valence-corrected chi connectivity index (χ0v) is 19.9. The highest BCUT2D eigenvalue weighted by Crippen LogP contribution is 2.24. The predicted octanol–water partition coefficient (Wildman–Crippen LogP) is 3.67. The van der Waals surface area contributed by atoms with Crippen molar-refractivity contribution >= 4 is 29.9 Å². The van der Waals surface area contributed by atoms with Crippen molar-refractivity contribution in [3.05, 3.63) is 35.6 Å². The number of likely N-dealkylation sites (tertiary alicyclic amines) is 1. The zero-order valence-electron chi connectivity index (χ0n) is 17.5. The van der Waals surface area contributed by atoms with E-state index in [1.807, 2.05) is 6.07 Å². The van der Waals surface area contributed by atoms with Crippen LogP contribution in [0.1, 0.15) is 32.8 Å². The van der Waals surface area contributed by atoms with E-state index < -0.39 is 0 Å². The maximum absolute atomic E-state index is 13.6. The molecule has 0 aliphatic carbocycles. The molecule has 0 spiro atoms. The summed E-state index contributed by atoms with van der Waals surface area (Å²) in [6.45, 7) is 11.7. The van der Waals surface area contributed by atoms with Crippen molar-refractivity contribution in [2.75, 3.05) is 53.1 Å². The van der Waals surface area contributed by atoms with Crippen LogP contribution in [0.2, 0.25) is 0 Å². The highest BCUT2D eigenvalue weighted by atomic mass is 127. The monoisotopic (exact) mass is 507 g/mol. The van der Waals surface area contributed by atoms with Gasteiger partial charge in [0.05, 0.1) is 26.4 Å². The van der Waals surface area contributed by atoms with Crippen molar-refractivity contribution in [2.24, 2.45) is 10.9 Å². The average Bonchev–Trinajstić information content (AvgIpc) is 3.11. The number of benzene rings is 1. The number of hydrogen-bond acceptors (Lipinski definition) is 3. The number of aliphatic imine (C=N–C) groups is 1. The minimum Gasteiger partial charge on any atom is -0.382 e. The van der Waals surface area contributed by atoms with Crippen LogP contribution in [0.3, 0.4) is 0 Å². The minimum absolute atomic E-state index is 0. The van der Waals surface area contributed by atoms with E-state index in [9.17, 15) is 4.39 Å². The van der Waals surface area contributed by atoms with Gasteiger partial charge in [-0.3, -0.25) is 4.99 Å². The molecule has 0 bridgehead atoms. The molecular formula is C21H35FIN3O2. The lowest BCUT2D eigenvalue weighted by Gasteiger charge is -2.26. The molecule has 1 saturated heterocycles. The fourth-order valence-corrected chi connectivity index (χ4v) is 3.25. The van der Waals surface area contributed by atoms with Crippen molar-refractivity contribution in [3.8, 4) is 0 Å². The van der Waals surface area contributed by atoms with E-state index in [-0.39, 0.29) is 35.2 Å². The minimum atomic E-state index is -0.231. The second kappa shape index (κ2) is 12.6. The standard InChI is InChI=1S/C21H34FN3O2.HI/c1-5-23-20(25-10-9-17(14-25)15-27-12-11-26-4)24-16-21(2,3)18-7-6-8-19(22)13-18;/h6-8,13,17H,5,9-12,14-16H2,1-4H3,(H,23,24);1H. The number of halogens is 2. The number of guanidine groups is 1. The van der Waals surface area contributed by atoms with Crippen molar-refractivity contribution in [1.29, 1.82) is 0 Å². The van der Waals surface area contributed by atoms with Gasteiger partial charge in [0.25, 0.3) is 0 Å². The summed E-state index contributed by atoms with van der Waals surface area (Å²) in [5.41, 5.74) is 0.735. The molecule has 2 rings (SSSR count). The second-order valence-electron chi connectivity index (χ2n) is 7.73. The van der Waals surface area contributed by atoms with Crippen LogP contribution in [-0.4, -0.2) is 64.0 Å². The van der Waals surface area contributed by atoms with Crippen LogP contribution >= 0.6 is 24.0 Å². The van der Waals surface area contributed by atoms with Crippen molar-refractivity contribution in [1.82, 2.24) is 10.2 Å². The Bertz CT molecular complexity index is 613. The zero-order chi connectivity index (χ0) is 19.7. The highest BCUT2D eigenvalue weighted by molar-refractivity contribution is 14.0. The van der Waals surface area contributed by atoms with Gasteiger partial charge in [-0.15, -0.1) is 24.0 Å². The van der Waals surface area contributed by atoms with Crippen molar-refractivity contribution in [2.45, 2.75) is 32.6 Å². The van der Waals surface area contributed by atoms with E-state index in [4.69, 9.17) is 14.5 Å². The normalized spacial score (nSPS) is 17.5. The number of ether oxygens (including phenoxy) is 2. The maximum atomic E-state index is 13.6. The molecule has 160 valence electrons. The Kier molecular flexibility index (Phi) is 11.3. The van der Waals surface area contributed by atoms with Crippen LogP contribution in [0.15, 0.2) is 29.3 Å². The van der Waals surface area contributed by atoms with Gasteiger partial charge in [0.15, 0.2) is 5.96 Å². The average molecular weight is 507 g/mol. The molecule has 1 aliphatic heterocycles. The summed E-state index contributed by atoms with van der Waals surface area (Å²) in [5.74, 6) is 1.25. The maximum Gasteiger partial charge on any atom is 0.193 e. The molecule has 28 heavy (non-hydrogen) atoms. The third-order valence-electron chi connectivity index (χ3n) is 4.94. The van der Waals surface area contributed by atoms with E-state index in [1.165, 1.54) is 6.07 Å². The molecule has 1 aliphatic rings. The van der Waals surface area contributed by atoms with Gasteiger partial charge in [-0.25, -0.2) is 4.39 Å². The first-order valence-corrected chi connectivity index (χ1v) is 9.82. The fraction of sp³-hybridized carbons (Fsp3) is 0.667. The molecule has 1 aromatic rings. The van der Waals surface area contributed by atoms with Crippen LogP contribution in [0.5, 0.6) is 0 Å².